The number of amides is 1. The van der Waals surface area contributed by atoms with E-state index in [9.17, 15) is 18.0 Å². The molecule has 0 heterocycles. The van der Waals surface area contributed by atoms with Gasteiger partial charge in [0.25, 0.3) is 0 Å². The maximum Gasteiger partial charge on any atom is 0.340 e. The van der Waals surface area contributed by atoms with Crippen molar-refractivity contribution in [1.82, 2.24) is 0 Å². The summed E-state index contributed by atoms with van der Waals surface area (Å²) in [7, 11) is 0.567. The molecule has 0 spiro atoms. The van der Waals surface area contributed by atoms with Crippen LogP contribution < -0.4 is 19.1 Å². The first-order valence-corrected chi connectivity index (χ1v) is 12.0. The van der Waals surface area contributed by atoms with Crippen molar-refractivity contribution in [3.63, 3.8) is 0 Å². The standard InChI is InChI=1S/C23H30N2O7S/c1-15-10-16(2)12-17(11-15)25(33(6,28)29)9-7-8-22(26)24-19-14-21(31-4)20(30-3)13-18(19)23(27)32-5/h10-14H,7-9H2,1-6H3,(H,24,26). The molecule has 9 nitrogen and oxygen atoms in total. The third-order valence-electron chi connectivity index (χ3n) is 4.86. The van der Waals surface area contributed by atoms with E-state index < -0.39 is 16.0 Å². The lowest BCUT2D eigenvalue weighted by Gasteiger charge is -2.23. The summed E-state index contributed by atoms with van der Waals surface area (Å²) in [4.78, 5) is 24.8. The number of hydrogen-bond donors (Lipinski definition) is 1. The fourth-order valence-electron chi connectivity index (χ4n) is 3.44. The van der Waals surface area contributed by atoms with Crippen LogP contribution in [0.4, 0.5) is 11.4 Å². The van der Waals surface area contributed by atoms with Crippen LogP contribution >= 0.6 is 0 Å². The molecule has 0 unspecified atom stereocenters. The summed E-state index contributed by atoms with van der Waals surface area (Å²) in [5, 5.41) is 2.68. The van der Waals surface area contributed by atoms with Crippen molar-refractivity contribution in [1.29, 1.82) is 0 Å². The van der Waals surface area contributed by atoms with Gasteiger partial charge in [0.05, 0.1) is 44.5 Å². The Balaban J connectivity index is 2.16. The number of rotatable bonds is 10. The van der Waals surface area contributed by atoms with Gasteiger partial charge in [0.1, 0.15) is 0 Å². The summed E-state index contributed by atoms with van der Waals surface area (Å²) in [6.07, 6.45) is 1.44. The van der Waals surface area contributed by atoms with Crippen LogP contribution in [0.3, 0.4) is 0 Å². The Labute approximate surface area is 194 Å². The molecule has 0 atom stereocenters. The van der Waals surface area contributed by atoms with Gasteiger partial charge < -0.3 is 19.5 Å². The highest BCUT2D eigenvalue weighted by atomic mass is 32.2. The molecular weight excluding hydrogens is 448 g/mol. The van der Waals surface area contributed by atoms with Crippen LogP contribution in [-0.2, 0) is 19.6 Å². The van der Waals surface area contributed by atoms with Crippen molar-refractivity contribution in [3.05, 3.63) is 47.0 Å². The Morgan fingerprint density at radius 3 is 2.03 bits per heavy atom. The maximum absolute atomic E-state index is 12.6. The molecule has 0 aliphatic heterocycles. The lowest BCUT2D eigenvalue weighted by Crippen LogP contribution is -2.31. The van der Waals surface area contributed by atoms with Gasteiger partial charge in [-0.15, -0.1) is 0 Å². The molecule has 0 saturated heterocycles. The highest BCUT2D eigenvalue weighted by Gasteiger charge is 2.21. The van der Waals surface area contributed by atoms with E-state index in [1.807, 2.05) is 19.9 Å². The summed E-state index contributed by atoms with van der Waals surface area (Å²) in [6.45, 7) is 3.92. The summed E-state index contributed by atoms with van der Waals surface area (Å²) >= 11 is 0. The number of methoxy groups -OCH3 is 3. The first-order chi connectivity index (χ1) is 15.5. The molecule has 0 saturated carbocycles. The van der Waals surface area contributed by atoms with Crippen molar-refractivity contribution in [3.8, 4) is 11.5 Å². The fourth-order valence-corrected chi connectivity index (χ4v) is 4.39. The lowest BCUT2D eigenvalue weighted by molar-refractivity contribution is -0.116. The summed E-state index contributed by atoms with van der Waals surface area (Å²) in [5.74, 6) is -0.391. The SMILES string of the molecule is COC(=O)c1cc(OC)c(OC)cc1NC(=O)CCCN(c1cc(C)cc(C)c1)S(C)(=O)=O. The molecule has 2 rings (SSSR count). The number of carbonyl (C=O) groups is 2. The van der Waals surface area contributed by atoms with E-state index in [-0.39, 0.29) is 36.5 Å². The Kier molecular flexibility index (Phi) is 8.69. The van der Waals surface area contributed by atoms with Crippen LogP contribution in [0.2, 0.25) is 0 Å². The molecular formula is C23H30N2O7S. The number of sulfonamides is 1. The predicted molar refractivity (Wildman–Crippen MR) is 127 cm³/mol. The summed E-state index contributed by atoms with van der Waals surface area (Å²) in [5.41, 5.74) is 2.76. The lowest BCUT2D eigenvalue weighted by atomic mass is 10.1. The van der Waals surface area contributed by atoms with Crippen LogP contribution in [0.1, 0.15) is 34.3 Å². The molecule has 0 fully saturated rings. The number of hydrogen-bond acceptors (Lipinski definition) is 7. The zero-order chi connectivity index (χ0) is 24.8. The quantitative estimate of drug-likeness (QED) is 0.522. The zero-order valence-corrected chi connectivity index (χ0v) is 20.5. The van der Waals surface area contributed by atoms with Gasteiger partial charge in [-0.1, -0.05) is 6.07 Å². The van der Waals surface area contributed by atoms with E-state index in [0.717, 1.165) is 17.4 Å². The highest BCUT2D eigenvalue weighted by Crippen LogP contribution is 2.34. The van der Waals surface area contributed by atoms with Crippen molar-refractivity contribution in [2.24, 2.45) is 0 Å². The van der Waals surface area contributed by atoms with E-state index >= 15 is 0 Å². The Morgan fingerprint density at radius 2 is 1.52 bits per heavy atom. The van der Waals surface area contributed by atoms with Gasteiger partial charge in [-0.3, -0.25) is 9.10 Å². The Hall–Kier alpha value is -3.27. The van der Waals surface area contributed by atoms with E-state index in [2.05, 4.69) is 5.32 Å². The molecule has 0 bridgehead atoms. The number of anilines is 2. The average Bonchev–Trinajstić information content (AvgIpc) is 2.74. The third kappa shape index (κ3) is 6.85. The second-order valence-corrected chi connectivity index (χ2v) is 9.48. The monoisotopic (exact) mass is 478 g/mol. The van der Waals surface area contributed by atoms with Crippen LogP contribution in [-0.4, -0.2) is 54.4 Å². The Morgan fingerprint density at radius 1 is 0.939 bits per heavy atom. The van der Waals surface area contributed by atoms with Gasteiger partial charge in [0.2, 0.25) is 15.9 Å². The summed E-state index contributed by atoms with van der Waals surface area (Å²) in [6, 6.07) is 8.44. The third-order valence-corrected chi connectivity index (χ3v) is 6.06. The maximum atomic E-state index is 12.6. The van der Waals surface area contributed by atoms with E-state index in [1.165, 1.54) is 37.8 Å². The molecule has 33 heavy (non-hydrogen) atoms. The van der Waals surface area contributed by atoms with E-state index in [4.69, 9.17) is 14.2 Å². The minimum Gasteiger partial charge on any atom is -0.493 e. The van der Waals surface area contributed by atoms with Crippen molar-refractivity contribution < 1.29 is 32.2 Å². The average molecular weight is 479 g/mol. The van der Waals surface area contributed by atoms with Crippen molar-refractivity contribution in [2.75, 3.05) is 43.8 Å². The second kappa shape index (κ2) is 11.0. The van der Waals surface area contributed by atoms with Gasteiger partial charge in [-0.25, -0.2) is 13.2 Å². The molecule has 10 heteroatoms. The molecule has 0 radical (unpaired) electrons. The molecule has 0 aliphatic rings. The van der Waals surface area contributed by atoms with Crippen molar-refractivity contribution in [2.45, 2.75) is 26.7 Å². The number of benzene rings is 2. The highest BCUT2D eigenvalue weighted by molar-refractivity contribution is 7.92. The van der Waals surface area contributed by atoms with Crippen LogP contribution in [0.15, 0.2) is 30.3 Å². The van der Waals surface area contributed by atoms with Gasteiger partial charge >= 0.3 is 5.97 Å². The molecule has 180 valence electrons. The topological polar surface area (TPSA) is 111 Å². The van der Waals surface area contributed by atoms with Crippen LogP contribution in [0, 0.1) is 13.8 Å². The van der Waals surface area contributed by atoms with Gasteiger partial charge in [0.15, 0.2) is 11.5 Å². The van der Waals surface area contributed by atoms with E-state index in [1.54, 1.807) is 12.1 Å². The first-order valence-electron chi connectivity index (χ1n) is 10.2. The largest absolute Gasteiger partial charge is 0.493 e. The molecule has 2 aromatic rings. The predicted octanol–water partition coefficient (Wildman–Crippen LogP) is 3.29. The van der Waals surface area contributed by atoms with Gasteiger partial charge in [-0.2, -0.15) is 0 Å². The van der Waals surface area contributed by atoms with Gasteiger partial charge in [0, 0.05) is 25.1 Å². The number of aryl methyl sites for hydroxylation is 2. The van der Waals surface area contributed by atoms with Crippen LogP contribution in [0.25, 0.3) is 0 Å². The molecule has 2 aromatic carbocycles. The first kappa shape index (κ1) is 26.0. The number of nitrogens with zero attached hydrogens (tertiary/aromatic N) is 1. The van der Waals surface area contributed by atoms with Crippen molar-refractivity contribution >= 4 is 33.3 Å². The summed E-state index contributed by atoms with van der Waals surface area (Å²) < 4.78 is 41.2. The molecule has 1 N–H and O–H groups in total. The molecule has 0 aromatic heterocycles. The van der Waals surface area contributed by atoms with Gasteiger partial charge in [-0.05, 0) is 43.5 Å². The number of ether oxygens (including phenoxy) is 3. The normalized spacial score (nSPS) is 11.0. The number of carbonyl (C=O) groups excluding carboxylic acids is 2. The number of esters is 1. The molecule has 1 amide bonds. The zero-order valence-electron chi connectivity index (χ0n) is 19.7. The minimum absolute atomic E-state index is 0.0335. The number of nitrogens with one attached hydrogen (secondary N) is 1. The van der Waals surface area contributed by atoms with Crippen LogP contribution in [0.5, 0.6) is 11.5 Å². The fraction of sp³-hybridized carbons (Fsp3) is 0.391. The smallest absolute Gasteiger partial charge is 0.340 e. The minimum atomic E-state index is -3.54. The second-order valence-electron chi connectivity index (χ2n) is 7.58. The van der Waals surface area contributed by atoms with E-state index in [0.29, 0.717) is 17.2 Å². The molecule has 0 aliphatic carbocycles. The Bertz CT molecular complexity index is 1110.